The van der Waals surface area contributed by atoms with Crippen LogP contribution in [0.3, 0.4) is 0 Å². The van der Waals surface area contributed by atoms with Gasteiger partial charge in [-0.3, -0.25) is 0 Å². The van der Waals surface area contributed by atoms with E-state index in [1.54, 1.807) is 6.08 Å². The molecule has 3 aromatic heterocycles. The Kier molecular flexibility index (Phi) is 8.19. The number of hydrogen-bond donors (Lipinski definition) is 1. The zero-order chi connectivity index (χ0) is 37.6. The first-order valence-electron chi connectivity index (χ1n) is 19.2. The lowest BCUT2D eigenvalue weighted by atomic mass is 9.98. The first-order chi connectivity index (χ1) is 27.7. The molecule has 0 saturated carbocycles. The number of fused-ring (bicyclic) bond motifs is 9. The Hall–Kier alpha value is -7.36. The van der Waals surface area contributed by atoms with E-state index in [2.05, 4.69) is 203 Å². The summed E-state index contributed by atoms with van der Waals surface area (Å²) < 4.78 is 4.83. The first kappa shape index (κ1) is 33.2. The van der Waals surface area contributed by atoms with Crippen molar-refractivity contribution in [3.63, 3.8) is 0 Å². The van der Waals surface area contributed by atoms with Gasteiger partial charge in [0.25, 0.3) is 0 Å². The number of hydrogen-bond acceptors (Lipinski definition) is 0. The molecule has 11 rings (SSSR count). The Bertz CT molecular complexity index is 3260. The fraction of sp³-hybridized carbons (Fsp3) is 0.0189. The van der Waals surface area contributed by atoms with Crippen molar-refractivity contribution < 1.29 is 0 Å². The molecule has 0 saturated heterocycles. The molecule has 0 aliphatic carbocycles. The Morgan fingerprint density at radius 1 is 0.429 bits per heavy atom. The molecule has 0 radical (unpaired) electrons. The summed E-state index contributed by atoms with van der Waals surface area (Å²) in [6.07, 6.45) is 5.58. The Morgan fingerprint density at radius 2 is 0.964 bits per heavy atom. The van der Waals surface area contributed by atoms with E-state index in [9.17, 15) is 0 Å². The van der Waals surface area contributed by atoms with E-state index in [1.807, 2.05) is 19.1 Å². The normalized spacial score (nSPS) is 11.7. The van der Waals surface area contributed by atoms with Crippen LogP contribution in [0.1, 0.15) is 6.92 Å². The monoisotopic (exact) mass is 717 g/mol. The van der Waals surface area contributed by atoms with Gasteiger partial charge in [0.1, 0.15) is 0 Å². The van der Waals surface area contributed by atoms with Crippen LogP contribution < -0.4 is 0 Å². The molecule has 266 valence electrons. The molecular weight excluding hydrogens is 679 g/mol. The molecule has 56 heavy (non-hydrogen) atoms. The van der Waals surface area contributed by atoms with Crippen LogP contribution in [-0.2, 0) is 0 Å². The van der Waals surface area contributed by atoms with Gasteiger partial charge in [-0.2, -0.15) is 0 Å². The van der Waals surface area contributed by atoms with Crippen LogP contribution in [0.5, 0.6) is 0 Å². The number of allylic oxidation sites excluding steroid dienone is 3. The van der Waals surface area contributed by atoms with Gasteiger partial charge in [0.05, 0.1) is 22.1 Å². The molecule has 0 amide bonds. The molecule has 3 nitrogen and oxygen atoms in total. The molecule has 11 aromatic rings. The molecule has 0 atom stereocenters. The van der Waals surface area contributed by atoms with Gasteiger partial charge in [-0.15, -0.1) is 0 Å². The average Bonchev–Trinajstić information content (AvgIpc) is 3.92. The van der Waals surface area contributed by atoms with Crippen LogP contribution in [0.2, 0.25) is 0 Å². The minimum Gasteiger partial charge on any atom is -0.355 e. The third kappa shape index (κ3) is 5.44. The predicted molar refractivity (Wildman–Crippen MR) is 240 cm³/mol. The summed E-state index contributed by atoms with van der Waals surface area (Å²) in [6, 6.07) is 66.3. The summed E-state index contributed by atoms with van der Waals surface area (Å²) >= 11 is 0. The summed E-state index contributed by atoms with van der Waals surface area (Å²) in [4.78, 5) is 3.58. The largest absolute Gasteiger partial charge is 0.355 e. The Labute approximate surface area is 325 Å². The van der Waals surface area contributed by atoms with Crippen molar-refractivity contribution >= 4 is 65.4 Å². The van der Waals surface area contributed by atoms with Crippen LogP contribution >= 0.6 is 0 Å². The molecule has 0 aliphatic rings. The van der Waals surface area contributed by atoms with E-state index in [4.69, 9.17) is 0 Å². The molecule has 3 heteroatoms. The van der Waals surface area contributed by atoms with Gasteiger partial charge in [-0.25, -0.2) is 0 Å². The SMILES string of the molecule is C=C/C=C\C.c1ccc(-n2c3ccccc3c3cc(-c4cccc5c6cc(-c7ccc8[nH]c9ccccc9c8c7)ccc6n(-c6ccccc6)c45)ccc32)cc1. The lowest BCUT2D eigenvalue weighted by Crippen LogP contribution is -1.95. The number of benzene rings is 8. The quantitative estimate of drug-likeness (QED) is 0.172. The molecule has 1 N–H and O–H groups in total. The maximum atomic E-state index is 3.58. The number of rotatable bonds is 5. The van der Waals surface area contributed by atoms with Gasteiger partial charge >= 0.3 is 0 Å². The zero-order valence-electron chi connectivity index (χ0n) is 31.2. The number of H-pyrrole nitrogens is 1. The van der Waals surface area contributed by atoms with E-state index >= 15 is 0 Å². The molecule has 0 bridgehead atoms. The summed E-state index contributed by atoms with van der Waals surface area (Å²) in [7, 11) is 0. The number of aromatic nitrogens is 3. The van der Waals surface area contributed by atoms with E-state index in [0.29, 0.717) is 0 Å². The fourth-order valence-electron chi connectivity index (χ4n) is 8.49. The van der Waals surface area contributed by atoms with E-state index in [1.165, 1.54) is 87.8 Å². The van der Waals surface area contributed by atoms with E-state index in [0.717, 1.165) is 11.2 Å². The van der Waals surface area contributed by atoms with Gasteiger partial charge in [-0.1, -0.05) is 134 Å². The maximum absolute atomic E-state index is 3.58. The Morgan fingerprint density at radius 3 is 1.70 bits per heavy atom. The highest BCUT2D eigenvalue weighted by Gasteiger charge is 2.19. The minimum atomic E-state index is 1.15. The van der Waals surface area contributed by atoms with Crippen LogP contribution in [0.4, 0.5) is 0 Å². The van der Waals surface area contributed by atoms with Crippen LogP contribution in [0.15, 0.2) is 207 Å². The van der Waals surface area contributed by atoms with E-state index in [-0.39, 0.29) is 0 Å². The van der Waals surface area contributed by atoms with Crippen molar-refractivity contribution in [3.8, 4) is 33.6 Å². The van der Waals surface area contributed by atoms with Crippen LogP contribution in [-0.4, -0.2) is 14.1 Å². The summed E-state index contributed by atoms with van der Waals surface area (Å²) in [5.74, 6) is 0. The second kappa shape index (κ2) is 13.8. The molecule has 0 fully saturated rings. The fourth-order valence-corrected chi connectivity index (χ4v) is 8.49. The smallest absolute Gasteiger partial charge is 0.0619 e. The highest BCUT2D eigenvalue weighted by molar-refractivity contribution is 6.16. The van der Waals surface area contributed by atoms with Gasteiger partial charge in [0.2, 0.25) is 0 Å². The summed E-state index contributed by atoms with van der Waals surface area (Å²) in [5, 5.41) is 7.50. The van der Waals surface area contributed by atoms with Crippen molar-refractivity contribution in [2.45, 2.75) is 6.92 Å². The topological polar surface area (TPSA) is 25.6 Å². The molecule has 0 aliphatic heterocycles. The summed E-state index contributed by atoms with van der Waals surface area (Å²) in [5.41, 5.74) is 14.3. The number of nitrogens with one attached hydrogen (secondary N) is 1. The van der Waals surface area contributed by atoms with Crippen molar-refractivity contribution in [2.24, 2.45) is 0 Å². The molecule has 8 aromatic carbocycles. The third-order valence-corrected chi connectivity index (χ3v) is 11.0. The van der Waals surface area contributed by atoms with Crippen LogP contribution in [0, 0.1) is 0 Å². The van der Waals surface area contributed by atoms with Crippen LogP contribution in [0.25, 0.3) is 99.0 Å². The number of nitrogens with zero attached hydrogens (tertiary/aromatic N) is 2. The van der Waals surface area contributed by atoms with Gasteiger partial charge in [0, 0.05) is 60.3 Å². The van der Waals surface area contributed by atoms with Crippen molar-refractivity contribution in [1.82, 2.24) is 14.1 Å². The minimum absolute atomic E-state index is 1.15. The second-order valence-electron chi connectivity index (χ2n) is 14.2. The molecule has 3 heterocycles. The van der Waals surface area contributed by atoms with Crippen molar-refractivity contribution in [2.75, 3.05) is 0 Å². The number of para-hydroxylation sites is 5. The second-order valence-corrected chi connectivity index (χ2v) is 14.2. The first-order valence-corrected chi connectivity index (χ1v) is 19.2. The van der Waals surface area contributed by atoms with Crippen molar-refractivity contribution in [3.05, 3.63) is 207 Å². The van der Waals surface area contributed by atoms with Gasteiger partial charge in [0.15, 0.2) is 0 Å². The van der Waals surface area contributed by atoms with Gasteiger partial charge < -0.3 is 14.1 Å². The maximum Gasteiger partial charge on any atom is 0.0619 e. The highest BCUT2D eigenvalue weighted by Crippen LogP contribution is 2.42. The lowest BCUT2D eigenvalue weighted by molar-refractivity contribution is 1.18. The predicted octanol–water partition coefficient (Wildman–Crippen LogP) is 14.6. The van der Waals surface area contributed by atoms with Crippen molar-refractivity contribution in [1.29, 1.82) is 0 Å². The van der Waals surface area contributed by atoms with E-state index < -0.39 is 0 Å². The highest BCUT2D eigenvalue weighted by atomic mass is 15.0. The average molecular weight is 718 g/mol. The lowest BCUT2D eigenvalue weighted by Gasteiger charge is -2.12. The molecule has 0 spiro atoms. The molecular formula is C53H39N3. The Balaban J connectivity index is 0.000000726. The van der Waals surface area contributed by atoms with Gasteiger partial charge in [-0.05, 0) is 96.4 Å². The third-order valence-electron chi connectivity index (χ3n) is 11.0. The summed E-state index contributed by atoms with van der Waals surface area (Å²) in [6.45, 7) is 5.42. The standard InChI is InChI=1S/C48H31N3.C5H8/c1-3-12-34(13-4-1)50-45-21-10-8-17-38(45)41-30-33(24-27-46(41)50)36-18-11-19-39-42-29-32(23-26-47(42)51(48(36)39)35-14-5-2-6-15-35)31-22-25-44-40(28-31)37-16-7-9-20-43(37)49-44;1-3-5-4-2/h1-30,49H;3-5H,1H2,2H3/b;5-4-. The molecule has 0 unspecified atom stereocenters. The zero-order valence-corrected chi connectivity index (χ0v) is 31.2. The number of aromatic amines is 1.